The Morgan fingerprint density at radius 1 is 0.966 bits per heavy atom. The highest BCUT2D eigenvalue weighted by molar-refractivity contribution is 9.10. The lowest BCUT2D eigenvalue weighted by Gasteiger charge is -2.08. The van der Waals surface area contributed by atoms with Gasteiger partial charge in [0.2, 0.25) is 11.2 Å². The van der Waals surface area contributed by atoms with Crippen LogP contribution in [-0.4, -0.2) is 5.97 Å². The highest BCUT2D eigenvalue weighted by Gasteiger charge is 2.15. The number of benzene rings is 3. The van der Waals surface area contributed by atoms with Gasteiger partial charge in [0.25, 0.3) is 0 Å². The molecule has 7 heteroatoms. The maximum Gasteiger partial charge on any atom is 0.344 e. The SMILES string of the molecule is O=C(Oc1ccc2c(=O)c(Oc3ccccc3Cl)coc2c1)c1ccccc1Br. The lowest BCUT2D eigenvalue weighted by atomic mass is 10.2. The second kappa shape index (κ2) is 8.11. The fourth-order valence-electron chi connectivity index (χ4n) is 2.66. The second-order valence-corrected chi connectivity index (χ2v) is 7.25. The van der Waals surface area contributed by atoms with Crippen molar-refractivity contribution in [3.63, 3.8) is 0 Å². The van der Waals surface area contributed by atoms with E-state index in [2.05, 4.69) is 15.9 Å². The molecule has 0 fully saturated rings. The molecule has 0 aliphatic carbocycles. The first-order valence-electron chi connectivity index (χ1n) is 8.47. The van der Waals surface area contributed by atoms with Crippen LogP contribution in [0.25, 0.3) is 11.0 Å². The maximum absolute atomic E-state index is 12.7. The van der Waals surface area contributed by atoms with Crippen LogP contribution in [0.15, 0.2) is 86.7 Å². The van der Waals surface area contributed by atoms with Gasteiger partial charge in [-0.15, -0.1) is 0 Å². The van der Waals surface area contributed by atoms with Crippen LogP contribution in [0, 0.1) is 0 Å². The summed E-state index contributed by atoms with van der Waals surface area (Å²) in [7, 11) is 0. The van der Waals surface area contributed by atoms with Crippen molar-refractivity contribution in [2.24, 2.45) is 0 Å². The molecule has 0 unspecified atom stereocenters. The monoisotopic (exact) mass is 470 g/mol. The van der Waals surface area contributed by atoms with E-state index in [-0.39, 0.29) is 27.9 Å². The lowest BCUT2D eigenvalue weighted by Crippen LogP contribution is -2.09. The van der Waals surface area contributed by atoms with Gasteiger partial charge in [-0.25, -0.2) is 4.79 Å². The number of carbonyl (C=O) groups is 1. The van der Waals surface area contributed by atoms with E-state index in [1.165, 1.54) is 24.5 Å². The normalized spacial score (nSPS) is 10.7. The third-order valence-corrected chi connectivity index (χ3v) is 5.08. The van der Waals surface area contributed by atoms with Crippen LogP contribution in [0.3, 0.4) is 0 Å². The minimum atomic E-state index is -0.530. The van der Waals surface area contributed by atoms with Gasteiger partial charge in [-0.3, -0.25) is 4.79 Å². The van der Waals surface area contributed by atoms with E-state index in [0.717, 1.165) is 0 Å². The Balaban J connectivity index is 1.62. The van der Waals surface area contributed by atoms with E-state index >= 15 is 0 Å². The summed E-state index contributed by atoms with van der Waals surface area (Å²) in [6.45, 7) is 0. The predicted molar refractivity (Wildman–Crippen MR) is 113 cm³/mol. The number of carbonyl (C=O) groups excluding carboxylic acids is 1. The van der Waals surface area contributed by atoms with Gasteiger partial charge in [-0.05, 0) is 52.3 Å². The van der Waals surface area contributed by atoms with Crippen molar-refractivity contribution in [3.8, 4) is 17.2 Å². The van der Waals surface area contributed by atoms with Crippen LogP contribution in [0.5, 0.6) is 17.2 Å². The molecule has 0 spiro atoms. The van der Waals surface area contributed by atoms with Crippen molar-refractivity contribution in [2.45, 2.75) is 0 Å². The number of esters is 1. The average Bonchev–Trinajstić information content (AvgIpc) is 2.72. The van der Waals surface area contributed by atoms with Crippen LogP contribution in [-0.2, 0) is 0 Å². The molecule has 0 radical (unpaired) electrons. The number of fused-ring (bicyclic) bond motifs is 1. The topological polar surface area (TPSA) is 65.7 Å². The van der Waals surface area contributed by atoms with Gasteiger partial charge in [0.05, 0.1) is 16.0 Å². The van der Waals surface area contributed by atoms with E-state index in [1.807, 2.05) is 0 Å². The van der Waals surface area contributed by atoms with Crippen molar-refractivity contribution in [1.82, 2.24) is 0 Å². The molecule has 0 aliphatic heterocycles. The van der Waals surface area contributed by atoms with E-state index in [0.29, 0.717) is 20.8 Å². The molecule has 0 saturated heterocycles. The number of hydrogen-bond donors (Lipinski definition) is 0. The van der Waals surface area contributed by atoms with Crippen LogP contribution < -0.4 is 14.9 Å². The predicted octanol–water partition coefficient (Wildman–Crippen LogP) is 6.22. The molecular formula is C22H12BrClO5. The summed E-state index contributed by atoms with van der Waals surface area (Å²) >= 11 is 9.38. The smallest absolute Gasteiger partial charge is 0.344 e. The highest BCUT2D eigenvalue weighted by Crippen LogP contribution is 2.29. The third kappa shape index (κ3) is 4.04. The first-order chi connectivity index (χ1) is 14.0. The molecule has 0 saturated carbocycles. The fourth-order valence-corrected chi connectivity index (χ4v) is 3.28. The zero-order chi connectivity index (χ0) is 20.4. The summed E-state index contributed by atoms with van der Waals surface area (Å²) in [5.74, 6) is 0.0717. The third-order valence-electron chi connectivity index (χ3n) is 4.08. The molecule has 29 heavy (non-hydrogen) atoms. The van der Waals surface area contributed by atoms with Gasteiger partial charge in [0.15, 0.2) is 0 Å². The molecular weight excluding hydrogens is 460 g/mol. The van der Waals surface area contributed by atoms with E-state index in [1.54, 1.807) is 48.5 Å². The van der Waals surface area contributed by atoms with Gasteiger partial charge in [-0.1, -0.05) is 35.9 Å². The molecule has 0 amide bonds. The Labute approximate surface area is 178 Å². The molecule has 0 bridgehead atoms. The number of ether oxygens (including phenoxy) is 2. The zero-order valence-electron chi connectivity index (χ0n) is 14.7. The fraction of sp³-hybridized carbons (Fsp3) is 0. The number of para-hydroxylation sites is 1. The van der Waals surface area contributed by atoms with E-state index < -0.39 is 5.97 Å². The minimum Gasteiger partial charge on any atom is -0.460 e. The summed E-state index contributed by atoms with van der Waals surface area (Å²) < 4.78 is 17.1. The van der Waals surface area contributed by atoms with Crippen molar-refractivity contribution in [1.29, 1.82) is 0 Å². The van der Waals surface area contributed by atoms with Gasteiger partial charge >= 0.3 is 5.97 Å². The van der Waals surface area contributed by atoms with Crippen LogP contribution in [0.1, 0.15) is 10.4 Å². The molecule has 5 nitrogen and oxygen atoms in total. The first kappa shape index (κ1) is 19.2. The van der Waals surface area contributed by atoms with Gasteiger partial charge in [-0.2, -0.15) is 0 Å². The first-order valence-corrected chi connectivity index (χ1v) is 9.64. The van der Waals surface area contributed by atoms with Crippen LogP contribution in [0.2, 0.25) is 5.02 Å². The molecule has 144 valence electrons. The largest absolute Gasteiger partial charge is 0.460 e. The van der Waals surface area contributed by atoms with Crippen molar-refractivity contribution in [2.75, 3.05) is 0 Å². The zero-order valence-corrected chi connectivity index (χ0v) is 17.1. The number of halogens is 2. The average molecular weight is 472 g/mol. The van der Waals surface area contributed by atoms with E-state index in [9.17, 15) is 9.59 Å². The van der Waals surface area contributed by atoms with Crippen LogP contribution >= 0.6 is 27.5 Å². The molecule has 4 aromatic rings. The standard InChI is InChI=1S/C22H12BrClO5/c23-16-6-2-1-5-14(16)22(26)28-13-9-10-15-19(11-13)27-12-20(21(15)25)29-18-8-4-3-7-17(18)24/h1-12H. The maximum atomic E-state index is 12.7. The molecule has 3 aromatic carbocycles. The molecule has 1 aromatic heterocycles. The summed E-state index contributed by atoms with van der Waals surface area (Å²) in [5, 5.41) is 0.663. The summed E-state index contributed by atoms with van der Waals surface area (Å²) in [5.41, 5.74) is 0.284. The lowest BCUT2D eigenvalue weighted by molar-refractivity contribution is 0.0734. The van der Waals surface area contributed by atoms with Crippen molar-refractivity contribution < 1.29 is 18.7 Å². The van der Waals surface area contributed by atoms with Crippen molar-refractivity contribution >= 4 is 44.5 Å². The Kier molecular flexibility index (Phi) is 5.38. The molecule has 4 rings (SSSR count). The van der Waals surface area contributed by atoms with Crippen LogP contribution in [0.4, 0.5) is 0 Å². The molecule has 0 aliphatic rings. The second-order valence-electron chi connectivity index (χ2n) is 5.99. The van der Waals surface area contributed by atoms with E-state index in [4.69, 9.17) is 25.5 Å². The quantitative estimate of drug-likeness (QED) is 0.261. The number of rotatable bonds is 4. The Morgan fingerprint density at radius 2 is 1.72 bits per heavy atom. The summed E-state index contributed by atoms with van der Waals surface area (Å²) in [6.07, 6.45) is 1.20. The summed E-state index contributed by atoms with van der Waals surface area (Å²) in [6, 6.07) is 18.3. The van der Waals surface area contributed by atoms with Gasteiger partial charge in [0.1, 0.15) is 23.3 Å². The Hall–Kier alpha value is -3.09. The molecule has 0 atom stereocenters. The summed E-state index contributed by atoms with van der Waals surface area (Å²) in [4.78, 5) is 25.1. The van der Waals surface area contributed by atoms with Gasteiger partial charge < -0.3 is 13.9 Å². The number of hydrogen-bond acceptors (Lipinski definition) is 5. The Bertz CT molecular complexity index is 1280. The molecule has 0 N–H and O–H groups in total. The van der Waals surface area contributed by atoms with Gasteiger partial charge in [0, 0.05) is 10.5 Å². The Morgan fingerprint density at radius 3 is 2.52 bits per heavy atom. The molecule has 1 heterocycles. The highest BCUT2D eigenvalue weighted by atomic mass is 79.9. The minimum absolute atomic E-state index is 0.00330. The van der Waals surface area contributed by atoms with Crippen molar-refractivity contribution in [3.05, 3.63) is 98.3 Å².